The standard InChI is InChI=1S/C24H21N3O6S/c1-32-21-12-9-16(13-22(21)33-2)27-23(28)19-6-4-3-5-18(19)20(24(27)29)14-26-15-7-10-17(11-8-15)34(25,30)31/h3-14,29H,1-2H3,(H2,25,30,31). The molecule has 0 aliphatic carbocycles. The third kappa shape index (κ3) is 4.24. The second-order valence-corrected chi connectivity index (χ2v) is 8.82. The molecule has 10 heteroatoms. The van der Waals surface area contributed by atoms with Gasteiger partial charge in [0.25, 0.3) is 5.56 Å². The van der Waals surface area contributed by atoms with E-state index in [-0.39, 0.29) is 10.8 Å². The minimum absolute atomic E-state index is 0.0400. The zero-order chi connectivity index (χ0) is 24.5. The molecule has 174 valence electrons. The summed E-state index contributed by atoms with van der Waals surface area (Å²) in [6, 6.07) is 17.3. The van der Waals surface area contributed by atoms with Crippen LogP contribution in [0.5, 0.6) is 17.4 Å². The third-order valence-corrected chi connectivity index (χ3v) is 6.17. The van der Waals surface area contributed by atoms with Gasteiger partial charge in [0, 0.05) is 23.1 Å². The molecule has 0 aliphatic rings. The molecule has 3 aromatic carbocycles. The lowest BCUT2D eigenvalue weighted by atomic mass is 10.1. The third-order valence-electron chi connectivity index (χ3n) is 5.24. The molecule has 1 aromatic heterocycles. The van der Waals surface area contributed by atoms with Crippen LogP contribution < -0.4 is 20.2 Å². The molecule has 4 rings (SSSR count). The second-order valence-electron chi connectivity index (χ2n) is 7.26. The Labute approximate surface area is 195 Å². The van der Waals surface area contributed by atoms with Crippen LogP contribution in [0.25, 0.3) is 16.5 Å². The van der Waals surface area contributed by atoms with E-state index in [1.54, 1.807) is 42.5 Å². The van der Waals surface area contributed by atoms with E-state index in [0.717, 1.165) is 4.57 Å². The van der Waals surface area contributed by atoms with E-state index in [0.29, 0.717) is 39.2 Å². The number of primary sulfonamides is 1. The van der Waals surface area contributed by atoms with Crippen molar-refractivity contribution in [1.29, 1.82) is 0 Å². The predicted molar refractivity (Wildman–Crippen MR) is 129 cm³/mol. The van der Waals surface area contributed by atoms with E-state index in [4.69, 9.17) is 14.6 Å². The van der Waals surface area contributed by atoms with Crippen LogP contribution in [0.1, 0.15) is 5.56 Å². The van der Waals surface area contributed by atoms with Crippen LogP contribution >= 0.6 is 0 Å². The van der Waals surface area contributed by atoms with Crippen molar-refractivity contribution >= 4 is 32.7 Å². The number of ether oxygens (including phenoxy) is 2. The molecule has 0 unspecified atom stereocenters. The number of aromatic hydroxyl groups is 1. The van der Waals surface area contributed by atoms with E-state index < -0.39 is 15.6 Å². The maximum atomic E-state index is 13.3. The highest BCUT2D eigenvalue weighted by molar-refractivity contribution is 7.89. The highest BCUT2D eigenvalue weighted by Gasteiger charge is 2.18. The topological polar surface area (TPSA) is 133 Å². The number of methoxy groups -OCH3 is 2. The van der Waals surface area contributed by atoms with Crippen LogP contribution in [0.3, 0.4) is 0 Å². The molecular weight excluding hydrogens is 458 g/mol. The van der Waals surface area contributed by atoms with E-state index in [1.165, 1.54) is 44.7 Å². The summed E-state index contributed by atoms with van der Waals surface area (Å²) in [5, 5.41) is 17.2. The lowest BCUT2D eigenvalue weighted by molar-refractivity contribution is 0.354. The molecule has 0 fully saturated rings. The SMILES string of the molecule is COc1ccc(-n2c(O)c(C=Nc3ccc(S(N)(=O)=O)cc3)c3ccccc3c2=O)cc1OC. The summed E-state index contributed by atoms with van der Waals surface area (Å²) < 4.78 is 34.7. The molecule has 3 N–H and O–H groups in total. The van der Waals surface area contributed by atoms with Crippen molar-refractivity contribution in [2.45, 2.75) is 4.90 Å². The monoisotopic (exact) mass is 479 g/mol. The number of nitrogens with two attached hydrogens (primary N) is 1. The van der Waals surface area contributed by atoms with Crippen molar-refractivity contribution in [1.82, 2.24) is 4.57 Å². The number of fused-ring (bicyclic) bond motifs is 1. The van der Waals surface area contributed by atoms with Gasteiger partial charge in [-0.2, -0.15) is 0 Å². The zero-order valence-corrected chi connectivity index (χ0v) is 19.1. The molecule has 0 saturated carbocycles. The normalized spacial score (nSPS) is 11.7. The van der Waals surface area contributed by atoms with Crippen LogP contribution in [0, 0.1) is 0 Å². The van der Waals surface area contributed by atoms with Gasteiger partial charge in [0.2, 0.25) is 15.9 Å². The minimum Gasteiger partial charge on any atom is -0.494 e. The maximum Gasteiger partial charge on any atom is 0.265 e. The number of pyridine rings is 1. The van der Waals surface area contributed by atoms with Gasteiger partial charge < -0.3 is 14.6 Å². The number of aliphatic imine (C=N–C) groups is 1. The Hall–Kier alpha value is -4.15. The van der Waals surface area contributed by atoms with Gasteiger partial charge in [-0.25, -0.2) is 18.1 Å². The van der Waals surface area contributed by atoms with Crippen molar-refractivity contribution in [3.63, 3.8) is 0 Å². The summed E-state index contributed by atoms with van der Waals surface area (Å²) in [6.45, 7) is 0. The fraction of sp³-hybridized carbons (Fsp3) is 0.0833. The number of benzene rings is 3. The number of nitrogens with zero attached hydrogens (tertiary/aromatic N) is 2. The maximum absolute atomic E-state index is 13.3. The second kappa shape index (κ2) is 9.00. The first-order valence-electron chi connectivity index (χ1n) is 10.0. The number of hydrogen-bond acceptors (Lipinski definition) is 7. The van der Waals surface area contributed by atoms with Gasteiger partial charge in [-0.15, -0.1) is 0 Å². The Morgan fingerprint density at radius 3 is 2.21 bits per heavy atom. The Bertz CT molecular complexity index is 1580. The summed E-state index contributed by atoms with van der Waals surface area (Å²) in [5.41, 5.74) is 0.688. The summed E-state index contributed by atoms with van der Waals surface area (Å²) in [4.78, 5) is 17.6. The van der Waals surface area contributed by atoms with Gasteiger partial charge in [0.05, 0.1) is 36.1 Å². The number of rotatable bonds is 6. The number of hydrogen-bond donors (Lipinski definition) is 2. The predicted octanol–water partition coefficient (Wildman–Crippen LogP) is 3.11. The quantitative estimate of drug-likeness (QED) is 0.408. The van der Waals surface area contributed by atoms with Crippen LogP contribution in [0.15, 0.2) is 81.4 Å². The highest BCUT2D eigenvalue weighted by Crippen LogP contribution is 2.32. The highest BCUT2D eigenvalue weighted by atomic mass is 32.2. The van der Waals surface area contributed by atoms with E-state index in [1.807, 2.05) is 0 Å². The van der Waals surface area contributed by atoms with Crippen LogP contribution in [-0.2, 0) is 10.0 Å². The number of aromatic nitrogens is 1. The van der Waals surface area contributed by atoms with Gasteiger partial charge in [0.1, 0.15) is 0 Å². The molecule has 0 saturated heterocycles. The first-order valence-corrected chi connectivity index (χ1v) is 11.6. The molecular formula is C24H21N3O6S. The zero-order valence-electron chi connectivity index (χ0n) is 18.3. The lowest BCUT2D eigenvalue weighted by Gasteiger charge is -2.15. The van der Waals surface area contributed by atoms with Crippen molar-refractivity contribution in [3.05, 3.63) is 82.6 Å². The Balaban J connectivity index is 1.89. The average Bonchev–Trinajstić information content (AvgIpc) is 2.83. The van der Waals surface area contributed by atoms with Gasteiger partial charge in [0.15, 0.2) is 11.5 Å². The minimum atomic E-state index is -3.82. The molecule has 0 aliphatic heterocycles. The molecule has 0 atom stereocenters. The molecule has 9 nitrogen and oxygen atoms in total. The van der Waals surface area contributed by atoms with Gasteiger partial charge in [-0.05, 0) is 42.5 Å². The lowest BCUT2D eigenvalue weighted by Crippen LogP contribution is -2.20. The van der Waals surface area contributed by atoms with Crippen molar-refractivity contribution in [2.24, 2.45) is 10.1 Å². The van der Waals surface area contributed by atoms with Crippen molar-refractivity contribution < 1.29 is 23.0 Å². The average molecular weight is 480 g/mol. The summed E-state index contributed by atoms with van der Waals surface area (Å²) in [5.74, 6) is 0.551. The first kappa shape index (κ1) is 23.0. The Morgan fingerprint density at radius 2 is 1.59 bits per heavy atom. The fourth-order valence-corrected chi connectivity index (χ4v) is 4.07. The van der Waals surface area contributed by atoms with E-state index in [9.17, 15) is 18.3 Å². The summed E-state index contributed by atoms with van der Waals surface area (Å²) >= 11 is 0. The van der Waals surface area contributed by atoms with E-state index in [2.05, 4.69) is 4.99 Å². The van der Waals surface area contributed by atoms with Crippen LogP contribution in [0.2, 0.25) is 0 Å². The molecule has 0 radical (unpaired) electrons. The molecule has 34 heavy (non-hydrogen) atoms. The van der Waals surface area contributed by atoms with Crippen molar-refractivity contribution in [2.75, 3.05) is 14.2 Å². The van der Waals surface area contributed by atoms with Crippen molar-refractivity contribution in [3.8, 4) is 23.1 Å². The summed E-state index contributed by atoms with van der Waals surface area (Å²) in [7, 11) is -0.846. The van der Waals surface area contributed by atoms with Crippen LogP contribution in [0.4, 0.5) is 5.69 Å². The van der Waals surface area contributed by atoms with Gasteiger partial charge >= 0.3 is 0 Å². The van der Waals surface area contributed by atoms with Crippen LogP contribution in [-0.4, -0.2) is 38.5 Å². The number of sulfonamides is 1. The molecule has 1 heterocycles. The van der Waals surface area contributed by atoms with Gasteiger partial charge in [-0.3, -0.25) is 9.79 Å². The molecule has 4 aromatic rings. The molecule has 0 spiro atoms. The van der Waals surface area contributed by atoms with E-state index >= 15 is 0 Å². The molecule has 0 bridgehead atoms. The largest absolute Gasteiger partial charge is 0.494 e. The Kier molecular flexibility index (Phi) is 6.10. The smallest absolute Gasteiger partial charge is 0.265 e. The fourth-order valence-electron chi connectivity index (χ4n) is 3.55. The Morgan fingerprint density at radius 1 is 0.941 bits per heavy atom. The first-order chi connectivity index (χ1) is 16.2. The van der Waals surface area contributed by atoms with Gasteiger partial charge in [-0.1, -0.05) is 18.2 Å². The summed E-state index contributed by atoms with van der Waals surface area (Å²) in [6.07, 6.45) is 1.42. The molecule has 0 amide bonds.